The fourth-order valence-electron chi connectivity index (χ4n) is 4.09. The molecule has 0 bridgehead atoms. The molecule has 26 heavy (non-hydrogen) atoms. The van der Waals surface area contributed by atoms with Gasteiger partial charge in [0.1, 0.15) is 16.5 Å². The van der Waals surface area contributed by atoms with Crippen molar-refractivity contribution >= 4 is 27.4 Å². The molecule has 4 heterocycles. The standard InChI is InChI=1S/C18H22N6OS/c19-17-16-13-3-1-2-4-14(13)26-18(16)21-15(20-17)9-23-5-6-24-12(8-23)7-11(10-25)22-24/h7,25H,1-6,8-10H2,(H2,19,20,21). The second kappa shape index (κ2) is 6.29. The maximum absolute atomic E-state index is 9.27. The first-order valence-corrected chi connectivity index (χ1v) is 9.98. The van der Waals surface area contributed by atoms with E-state index in [0.29, 0.717) is 12.4 Å². The molecular weight excluding hydrogens is 348 g/mol. The molecule has 136 valence electrons. The molecule has 0 spiro atoms. The monoisotopic (exact) mass is 370 g/mol. The summed E-state index contributed by atoms with van der Waals surface area (Å²) in [5.74, 6) is 1.43. The van der Waals surface area contributed by atoms with Gasteiger partial charge in [-0.3, -0.25) is 9.58 Å². The first kappa shape index (κ1) is 16.2. The Hall–Kier alpha value is -2.03. The summed E-state index contributed by atoms with van der Waals surface area (Å²) in [4.78, 5) is 14.3. The molecule has 2 aliphatic rings. The van der Waals surface area contributed by atoms with Gasteiger partial charge in [-0.25, -0.2) is 9.97 Å². The highest BCUT2D eigenvalue weighted by molar-refractivity contribution is 7.19. The summed E-state index contributed by atoms with van der Waals surface area (Å²) in [6, 6.07) is 1.97. The first-order chi connectivity index (χ1) is 12.7. The van der Waals surface area contributed by atoms with Crippen LogP contribution in [0, 0.1) is 0 Å². The summed E-state index contributed by atoms with van der Waals surface area (Å²) in [5.41, 5.74) is 9.57. The molecule has 1 aliphatic heterocycles. The van der Waals surface area contributed by atoms with Crippen LogP contribution in [0.1, 0.15) is 40.5 Å². The molecule has 7 nitrogen and oxygen atoms in total. The van der Waals surface area contributed by atoms with Gasteiger partial charge in [-0.1, -0.05) is 0 Å². The van der Waals surface area contributed by atoms with Crippen molar-refractivity contribution in [2.45, 2.75) is 51.9 Å². The number of aliphatic hydroxyl groups is 1. The Morgan fingerprint density at radius 1 is 1.19 bits per heavy atom. The van der Waals surface area contributed by atoms with E-state index in [9.17, 15) is 5.11 Å². The van der Waals surface area contributed by atoms with Gasteiger partial charge in [0.25, 0.3) is 0 Å². The first-order valence-electron chi connectivity index (χ1n) is 9.16. The number of fused-ring (bicyclic) bond motifs is 4. The number of aromatic nitrogens is 4. The minimum absolute atomic E-state index is 0.0145. The van der Waals surface area contributed by atoms with E-state index in [1.807, 2.05) is 10.7 Å². The largest absolute Gasteiger partial charge is 0.390 e. The van der Waals surface area contributed by atoms with Crippen molar-refractivity contribution in [2.24, 2.45) is 0 Å². The van der Waals surface area contributed by atoms with Crippen LogP contribution in [0.3, 0.4) is 0 Å². The number of nitrogens with zero attached hydrogens (tertiary/aromatic N) is 5. The second-order valence-electron chi connectivity index (χ2n) is 7.14. The van der Waals surface area contributed by atoms with Crippen molar-refractivity contribution < 1.29 is 5.11 Å². The zero-order chi connectivity index (χ0) is 17.7. The Morgan fingerprint density at radius 3 is 2.96 bits per heavy atom. The van der Waals surface area contributed by atoms with E-state index >= 15 is 0 Å². The van der Waals surface area contributed by atoms with Crippen molar-refractivity contribution in [3.05, 3.63) is 33.7 Å². The van der Waals surface area contributed by atoms with Crippen LogP contribution < -0.4 is 5.73 Å². The van der Waals surface area contributed by atoms with Crippen LogP contribution in [0.25, 0.3) is 10.2 Å². The third-order valence-electron chi connectivity index (χ3n) is 5.34. The van der Waals surface area contributed by atoms with Crippen LogP contribution in [0.4, 0.5) is 5.82 Å². The van der Waals surface area contributed by atoms with Crippen molar-refractivity contribution in [3.63, 3.8) is 0 Å². The van der Waals surface area contributed by atoms with Gasteiger partial charge < -0.3 is 10.8 Å². The molecule has 1 aliphatic carbocycles. The molecule has 0 saturated heterocycles. The lowest BCUT2D eigenvalue weighted by molar-refractivity contribution is 0.200. The molecule has 3 aromatic heterocycles. The SMILES string of the molecule is Nc1nc(CN2CCn3nc(CO)cc3C2)nc2sc3c(c12)CCCC3. The smallest absolute Gasteiger partial charge is 0.146 e. The van der Waals surface area contributed by atoms with E-state index in [1.165, 1.54) is 23.3 Å². The van der Waals surface area contributed by atoms with E-state index in [-0.39, 0.29) is 6.61 Å². The molecule has 8 heteroatoms. The summed E-state index contributed by atoms with van der Waals surface area (Å²) < 4.78 is 1.98. The summed E-state index contributed by atoms with van der Waals surface area (Å²) in [7, 11) is 0. The Labute approximate surface area is 155 Å². The quantitative estimate of drug-likeness (QED) is 0.731. The molecule has 0 amide bonds. The molecule has 3 aromatic rings. The summed E-state index contributed by atoms with van der Waals surface area (Å²) in [6.07, 6.45) is 4.74. The molecule has 0 atom stereocenters. The summed E-state index contributed by atoms with van der Waals surface area (Å²) in [6.45, 7) is 3.17. The molecule has 0 fully saturated rings. The van der Waals surface area contributed by atoms with Crippen molar-refractivity contribution in [1.29, 1.82) is 0 Å². The fourth-order valence-corrected chi connectivity index (χ4v) is 5.38. The van der Waals surface area contributed by atoms with Gasteiger partial charge in [-0.2, -0.15) is 5.10 Å². The van der Waals surface area contributed by atoms with E-state index in [4.69, 9.17) is 10.7 Å². The Kier molecular flexibility index (Phi) is 3.91. The Bertz CT molecular complexity index is 978. The van der Waals surface area contributed by atoms with Crippen LogP contribution in [-0.4, -0.2) is 36.3 Å². The lowest BCUT2D eigenvalue weighted by Gasteiger charge is -2.26. The fraction of sp³-hybridized carbons (Fsp3) is 0.500. The van der Waals surface area contributed by atoms with Crippen LogP contribution >= 0.6 is 11.3 Å². The highest BCUT2D eigenvalue weighted by Gasteiger charge is 2.22. The predicted molar refractivity (Wildman–Crippen MR) is 101 cm³/mol. The van der Waals surface area contributed by atoms with Gasteiger partial charge in [-0.05, 0) is 37.3 Å². The van der Waals surface area contributed by atoms with Gasteiger partial charge in [0.2, 0.25) is 0 Å². The van der Waals surface area contributed by atoms with Gasteiger partial charge in [0.05, 0.1) is 36.5 Å². The van der Waals surface area contributed by atoms with Gasteiger partial charge in [-0.15, -0.1) is 11.3 Å². The highest BCUT2D eigenvalue weighted by Crippen LogP contribution is 2.37. The predicted octanol–water partition coefficient (Wildman–Crippen LogP) is 1.86. The van der Waals surface area contributed by atoms with E-state index in [0.717, 1.165) is 59.9 Å². The zero-order valence-electron chi connectivity index (χ0n) is 14.6. The second-order valence-corrected chi connectivity index (χ2v) is 8.22. The van der Waals surface area contributed by atoms with Gasteiger partial charge in [0, 0.05) is 18.0 Å². The third kappa shape index (κ3) is 2.69. The number of anilines is 1. The van der Waals surface area contributed by atoms with Crippen molar-refractivity contribution in [1.82, 2.24) is 24.6 Å². The third-order valence-corrected chi connectivity index (χ3v) is 6.53. The number of nitrogen functional groups attached to an aromatic ring is 1. The highest BCUT2D eigenvalue weighted by atomic mass is 32.1. The average molecular weight is 370 g/mol. The van der Waals surface area contributed by atoms with Crippen LogP contribution in [0.15, 0.2) is 6.07 Å². The van der Waals surface area contributed by atoms with Crippen LogP contribution in [-0.2, 0) is 39.1 Å². The number of aryl methyl sites for hydroxylation is 2. The summed E-state index contributed by atoms with van der Waals surface area (Å²) in [5, 5.41) is 14.8. The van der Waals surface area contributed by atoms with E-state index < -0.39 is 0 Å². The summed E-state index contributed by atoms with van der Waals surface area (Å²) >= 11 is 1.79. The van der Waals surface area contributed by atoms with Gasteiger partial charge >= 0.3 is 0 Å². The molecule has 3 N–H and O–H groups in total. The van der Waals surface area contributed by atoms with Crippen molar-refractivity contribution in [2.75, 3.05) is 12.3 Å². The average Bonchev–Trinajstić information content (AvgIpc) is 3.21. The van der Waals surface area contributed by atoms with Gasteiger partial charge in [0.15, 0.2) is 0 Å². The number of hydrogen-bond donors (Lipinski definition) is 2. The number of aliphatic hydroxyl groups excluding tert-OH is 1. The lowest BCUT2D eigenvalue weighted by atomic mass is 9.97. The van der Waals surface area contributed by atoms with Crippen LogP contribution in [0.5, 0.6) is 0 Å². The number of thiophene rings is 1. The molecule has 0 saturated carbocycles. The van der Waals surface area contributed by atoms with Crippen LogP contribution in [0.2, 0.25) is 0 Å². The molecule has 0 unspecified atom stereocenters. The molecule has 0 aromatic carbocycles. The number of rotatable bonds is 3. The van der Waals surface area contributed by atoms with E-state index in [1.54, 1.807) is 11.3 Å². The Balaban J connectivity index is 1.41. The maximum atomic E-state index is 9.27. The molecular formula is C18H22N6OS. The molecule has 5 rings (SSSR count). The molecule has 0 radical (unpaired) electrons. The lowest BCUT2D eigenvalue weighted by Crippen LogP contribution is -2.34. The minimum Gasteiger partial charge on any atom is -0.390 e. The number of hydrogen-bond acceptors (Lipinski definition) is 7. The topological polar surface area (TPSA) is 93.1 Å². The maximum Gasteiger partial charge on any atom is 0.146 e. The Morgan fingerprint density at radius 2 is 2.08 bits per heavy atom. The minimum atomic E-state index is -0.0145. The zero-order valence-corrected chi connectivity index (χ0v) is 15.4. The van der Waals surface area contributed by atoms with Crippen molar-refractivity contribution in [3.8, 4) is 0 Å². The normalized spacial score (nSPS) is 17.4. The number of nitrogens with two attached hydrogens (primary N) is 1. The van der Waals surface area contributed by atoms with E-state index in [2.05, 4.69) is 15.0 Å².